The molecule has 0 amide bonds. The highest BCUT2D eigenvalue weighted by Gasteiger charge is 2.59. The molecule has 0 radical (unpaired) electrons. The van der Waals surface area contributed by atoms with E-state index in [4.69, 9.17) is 0 Å². The summed E-state index contributed by atoms with van der Waals surface area (Å²) in [6, 6.07) is 0. The van der Waals surface area contributed by atoms with Crippen LogP contribution in [0.1, 0.15) is 98.8 Å². The Morgan fingerprint density at radius 3 is 2.55 bits per heavy atom. The Kier molecular flexibility index (Phi) is 5.05. The van der Waals surface area contributed by atoms with Crippen LogP contribution >= 0.6 is 0 Å². The van der Waals surface area contributed by atoms with Gasteiger partial charge in [0.15, 0.2) is 0 Å². The van der Waals surface area contributed by atoms with E-state index in [1.54, 1.807) is 5.57 Å². The summed E-state index contributed by atoms with van der Waals surface area (Å²) >= 11 is 0. The fraction of sp³-hybridized carbons (Fsp3) is 0.929. The first-order valence-electron chi connectivity index (χ1n) is 13.1. The van der Waals surface area contributed by atoms with Crippen molar-refractivity contribution >= 4 is 0 Å². The van der Waals surface area contributed by atoms with Crippen molar-refractivity contribution in [1.29, 1.82) is 0 Å². The summed E-state index contributed by atoms with van der Waals surface area (Å²) in [6.07, 6.45) is 16.0. The first-order valence-corrected chi connectivity index (χ1v) is 13.1. The van der Waals surface area contributed by atoms with Crippen molar-refractivity contribution < 1.29 is 5.11 Å². The van der Waals surface area contributed by atoms with E-state index in [2.05, 4.69) is 40.7 Å². The molecule has 29 heavy (non-hydrogen) atoms. The zero-order valence-electron chi connectivity index (χ0n) is 19.8. The van der Waals surface area contributed by atoms with Gasteiger partial charge in [0.2, 0.25) is 0 Å². The molecule has 5 rings (SSSR count). The van der Waals surface area contributed by atoms with E-state index in [1.165, 1.54) is 51.4 Å². The molecule has 0 aromatic heterocycles. The topological polar surface area (TPSA) is 20.2 Å². The number of aliphatic hydroxyl groups is 1. The molecule has 4 saturated carbocycles. The third kappa shape index (κ3) is 3.19. The minimum Gasteiger partial charge on any atom is -0.393 e. The number of hydrogen-bond acceptors (Lipinski definition) is 1. The Hall–Kier alpha value is -0.300. The number of hydrogen-bond donors (Lipinski definition) is 1. The van der Waals surface area contributed by atoms with Gasteiger partial charge in [-0.1, -0.05) is 46.3 Å². The van der Waals surface area contributed by atoms with Crippen molar-refractivity contribution in [3.8, 4) is 0 Å². The summed E-state index contributed by atoms with van der Waals surface area (Å²) in [5.41, 5.74) is 2.61. The Labute approximate surface area is 180 Å². The summed E-state index contributed by atoms with van der Waals surface area (Å²) in [7, 11) is 0. The largest absolute Gasteiger partial charge is 0.393 e. The van der Waals surface area contributed by atoms with E-state index in [0.29, 0.717) is 10.8 Å². The van der Waals surface area contributed by atoms with Gasteiger partial charge in [-0.15, -0.1) is 0 Å². The lowest BCUT2D eigenvalue weighted by atomic mass is 9.47. The van der Waals surface area contributed by atoms with E-state index in [-0.39, 0.29) is 6.10 Å². The maximum atomic E-state index is 10.2. The van der Waals surface area contributed by atoms with Crippen LogP contribution in [0.25, 0.3) is 0 Å². The van der Waals surface area contributed by atoms with Crippen LogP contribution in [0.15, 0.2) is 11.6 Å². The molecule has 1 heteroatoms. The van der Waals surface area contributed by atoms with Gasteiger partial charge in [0.05, 0.1) is 6.10 Å². The highest BCUT2D eigenvalue weighted by atomic mass is 16.3. The average molecular weight is 399 g/mol. The highest BCUT2D eigenvalue weighted by molar-refractivity contribution is 5.25. The van der Waals surface area contributed by atoms with Crippen molar-refractivity contribution in [3.05, 3.63) is 11.6 Å². The lowest BCUT2D eigenvalue weighted by Crippen LogP contribution is -2.50. The molecule has 1 N–H and O–H groups in total. The van der Waals surface area contributed by atoms with Crippen molar-refractivity contribution in [3.63, 3.8) is 0 Å². The third-order valence-electron chi connectivity index (χ3n) is 11.3. The van der Waals surface area contributed by atoms with Crippen molar-refractivity contribution in [2.45, 2.75) is 105 Å². The average Bonchev–Trinajstić information content (AvgIpc) is 3.34. The summed E-state index contributed by atoms with van der Waals surface area (Å²) in [6.45, 7) is 12.8. The first kappa shape index (κ1) is 20.6. The lowest BCUT2D eigenvalue weighted by Gasteiger charge is -2.58. The Bertz CT molecular complexity index is 663. The minimum absolute atomic E-state index is 0.0754. The van der Waals surface area contributed by atoms with Gasteiger partial charge in [-0.25, -0.2) is 0 Å². The SMILES string of the molecule is CC(C)C1CC1CC(C)C1CCC2C3CC=C4CC(O)CCC4(C)C3CCC12C. The molecule has 0 aromatic rings. The van der Waals surface area contributed by atoms with Gasteiger partial charge in [0, 0.05) is 0 Å². The fourth-order valence-corrected chi connectivity index (χ4v) is 9.62. The van der Waals surface area contributed by atoms with Crippen LogP contribution in [0.5, 0.6) is 0 Å². The molecule has 0 aliphatic heterocycles. The second-order valence-electron chi connectivity index (χ2n) is 13.0. The van der Waals surface area contributed by atoms with E-state index in [1.807, 2.05) is 0 Å². The van der Waals surface area contributed by atoms with Crippen molar-refractivity contribution in [2.75, 3.05) is 0 Å². The molecule has 4 fully saturated rings. The maximum Gasteiger partial charge on any atom is 0.0577 e. The van der Waals surface area contributed by atoms with E-state index in [9.17, 15) is 5.11 Å². The number of rotatable bonds is 4. The quantitative estimate of drug-likeness (QED) is 0.495. The summed E-state index contributed by atoms with van der Waals surface area (Å²) < 4.78 is 0. The Balaban J connectivity index is 1.32. The predicted octanol–water partition coefficient (Wildman–Crippen LogP) is 7.24. The van der Waals surface area contributed by atoms with Gasteiger partial charge >= 0.3 is 0 Å². The number of aliphatic hydroxyl groups excluding tert-OH is 1. The molecule has 164 valence electrons. The second kappa shape index (κ2) is 7.11. The molecule has 0 aromatic carbocycles. The fourth-order valence-electron chi connectivity index (χ4n) is 9.62. The molecule has 5 aliphatic rings. The standard InChI is InChI=1S/C28H46O/c1-17(2)23-15-19(23)14-18(3)24-8-9-25-22-7-6-20-16-21(29)10-12-27(20,4)26(22)11-13-28(24,25)5/h6,17-19,21-26,29H,7-16H2,1-5H3. The van der Waals surface area contributed by atoms with Crippen LogP contribution in [0.2, 0.25) is 0 Å². The van der Waals surface area contributed by atoms with E-state index < -0.39 is 0 Å². The van der Waals surface area contributed by atoms with Gasteiger partial charge in [-0.2, -0.15) is 0 Å². The van der Waals surface area contributed by atoms with Crippen LogP contribution in [0.4, 0.5) is 0 Å². The molecule has 0 bridgehead atoms. The second-order valence-corrected chi connectivity index (χ2v) is 13.0. The summed E-state index contributed by atoms with van der Waals surface area (Å²) in [4.78, 5) is 0. The van der Waals surface area contributed by atoms with Gasteiger partial charge < -0.3 is 5.11 Å². The van der Waals surface area contributed by atoms with Crippen molar-refractivity contribution in [1.82, 2.24) is 0 Å². The van der Waals surface area contributed by atoms with E-state index >= 15 is 0 Å². The van der Waals surface area contributed by atoms with Crippen LogP contribution < -0.4 is 0 Å². The monoisotopic (exact) mass is 398 g/mol. The van der Waals surface area contributed by atoms with Gasteiger partial charge in [-0.05, 0) is 122 Å². The molecule has 0 spiro atoms. The maximum absolute atomic E-state index is 10.2. The predicted molar refractivity (Wildman–Crippen MR) is 121 cm³/mol. The van der Waals surface area contributed by atoms with Crippen LogP contribution in [-0.2, 0) is 0 Å². The van der Waals surface area contributed by atoms with E-state index in [0.717, 1.165) is 60.2 Å². The smallest absolute Gasteiger partial charge is 0.0577 e. The molecule has 5 aliphatic carbocycles. The van der Waals surface area contributed by atoms with Gasteiger partial charge in [0.25, 0.3) is 0 Å². The lowest BCUT2D eigenvalue weighted by molar-refractivity contribution is -0.0575. The molecule has 10 atom stereocenters. The molecule has 0 heterocycles. The van der Waals surface area contributed by atoms with Crippen LogP contribution in [0, 0.1) is 58.2 Å². The Morgan fingerprint density at radius 1 is 1.03 bits per heavy atom. The molecule has 0 saturated heterocycles. The third-order valence-corrected chi connectivity index (χ3v) is 11.3. The molecule has 1 nitrogen and oxygen atoms in total. The minimum atomic E-state index is -0.0754. The van der Waals surface area contributed by atoms with Crippen molar-refractivity contribution in [2.24, 2.45) is 58.2 Å². The number of fused-ring (bicyclic) bond motifs is 5. The number of allylic oxidation sites excluding steroid dienone is 1. The van der Waals surface area contributed by atoms with Crippen LogP contribution in [0.3, 0.4) is 0 Å². The van der Waals surface area contributed by atoms with Gasteiger partial charge in [-0.3, -0.25) is 0 Å². The molecular formula is C28H46O. The van der Waals surface area contributed by atoms with Gasteiger partial charge in [0.1, 0.15) is 0 Å². The molecule has 10 unspecified atom stereocenters. The Morgan fingerprint density at radius 2 is 1.83 bits per heavy atom. The molecular weight excluding hydrogens is 352 g/mol. The van der Waals surface area contributed by atoms with Crippen LogP contribution in [-0.4, -0.2) is 11.2 Å². The highest BCUT2D eigenvalue weighted by Crippen LogP contribution is 2.67. The first-order chi connectivity index (χ1) is 13.7. The summed E-state index contributed by atoms with van der Waals surface area (Å²) in [5, 5.41) is 10.2. The summed E-state index contributed by atoms with van der Waals surface area (Å²) in [5.74, 6) is 7.61. The normalized spacial score (nSPS) is 52.4. The zero-order valence-corrected chi connectivity index (χ0v) is 19.8. The zero-order chi connectivity index (χ0) is 20.6.